The SMILES string of the molecule is Cc1ccc(C(=O)Nc2cccc(-c3ccc(N4CC[NH+](C)CC4)nn3)c2)cc1. The lowest BCUT2D eigenvalue weighted by atomic mass is 10.1. The van der Waals surface area contributed by atoms with Crippen molar-refractivity contribution in [1.29, 1.82) is 0 Å². The van der Waals surface area contributed by atoms with Gasteiger partial charge in [-0.25, -0.2) is 0 Å². The van der Waals surface area contributed by atoms with Gasteiger partial charge in [0.15, 0.2) is 5.82 Å². The molecule has 0 bridgehead atoms. The van der Waals surface area contributed by atoms with Gasteiger partial charge in [-0.3, -0.25) is 4.79 Å². The van der Waals surface area contributed by atoms with Crippen LogP contribution in [-0.2, 0) is 0 Å². The third kappa shape index (κ3) is 4.60. The summed E-state index contributed by atoms with van der Waals surface area (Å²) in [6.45, 7) is 6.24. The van der Waals surface area contributed by atoms with Crippen molar-refractivity contribution in [2.24, 2.45) is 0 Å². The minimum Gasteiger partial charge on any atom is -0.344 e. The Kier molecular flexibility index (Phi) is 5.53. The summed E-state index contributed by atoms with van der Waals surface area (Å²) in [6, 6.07) is 19.3. The molecule has 0 unspecified atom stereocenters. The van der Waals surface area contributed by atoms with Gasteiger partial charge in [0, 0.05) is 16.8 Å². The second-order valence-electron chi connectivity index (χ2n) is 7.62. The van der Waals surface area contributed by atoms with E-state index in [4.69, 9.17) is 0 Å². The number of aryl methyl sites for hydroxylation is 1. The Morgan fingerprint density at radius 2 is 1.76 bits per heavy atom. The first-order valence-corrected chi connectivity index (χ1v) is 9.97. The van der Waals surface area contributed by atoms with Gasteiger partial charge in [-0.05, 0) is 43.3 Å². The molecule has 6 heteroatoms. The van der Waals surface area contributed by atoms with Crippen molar-refractivity contribution in [1.82, 2.24) is 10.2 Å². The number of benzene rings is 2. The second kappa shape index (κ2) is 8.41. The number of hydrogen-bond acceptors (Lipinski definition) is 4. The number of carbonyl (C=O) groups is 1. The van der Waals surface area contributed by atoms with Gasteiger partial charge in [-0.2, -0.15) is 0 Å². The largest absolute Gasteiger partial charge is 0.344 e. The van der Waals surface area contributed by atoms with Crippen LogP contribution in [0.1, 0.15) is 15.9 Å². The molecule has 2 aromatic carbocycles. The summed E-state index contributed by atoms with van der Waals surface area (Å²) in [4.78, 5) is 16.3. The third-order valence-corrected chi connectivity index (χ3v) is 5.32. The highest BCUT2D eigenvalue weighted by Gasteiger charge is 2.18. The molecule has 1 aliphatic heterocycles. The fraction of sp³-hybridized carbons (Fsp3) is 0.261. The number of rotatable bonds is 4. The molecule has 1 fully saturated rings. The number of amides is 1. The number of aromatic nitrogens is 2. The average molecular weight is 388 g/mol. The average Bonchev–Trinajstić information content (AvgIpc) is 2.75. The van der Waals surface area contributed by atoms with Crippen LogP contribution < -0.4 is 15.1 Å². The standard InChI is InChI=1S/C23H25N5O/c1-17-6-8-18(9-7-17)23(29)24-20-5-3-4-19(16-20)21-10-11-22(26-25-21)28-14-12-27(2)13-15-28/h3-11,16H,12-15H2,1-2H3,(H,24,29)/p+1. The molecule has 6 nitrogen and oxygen atoms in total. The van der Waals surface area contributed by atoms with Gasteiger partial charge in [0.2, 0.25) is 0 Å². The molecule has 0 saturated carbocycles. The highest BCUT2D eigenvalue weighted by molar-refractivity contribution is 6.04. The molecule has 0 aliphatic carbocycles. The summed E-state index contributed by atoms with van der Waals surface area (Å²) in [6.07, 6.45) is 0. The molecule has 1 aliphatic rings. The predicted octanol–water partition coefficient (Wildman–Crippen LogP) is 2.04. The van der Waals surface area contributed by atoms with E-state index in [0.29, 0.717) is 5.56 Å². The van der Waals surface area contributed by atoms with Gasteiger partial charge in [0.25, 0.3) is 5.91 Å². The molecule has 4 rings (SSSR count). The van der Waals surface area contributed by atoms with Gasteiger partial charge in [0.1, 0.15) is 0 Å². The normalized spacial score (nSPS) is 14.6. The van der Waals surface area contributed by atoms with Crippen molar-refractivity contribution in [2.75, 3.05) is 43.4 Å². The monoisotopic (exact) mass is 388 g/mol. The van der Waals surface area contributed by atoms with Gasteiger partial charge < -0.3 is 15.1 Å². The molecule has 0 spiro atoms. The van der Waals surface area contributed by atoms with E-state index in [0.717, 1.165) is 54.5 Å². The lowest BCUT2D eigenvalue weighted by Gasteiger charge is -2.30. The summed E-state index contributed by atoms with van der Waals surface area (Å²) in [5, 5.41) is 11.8. The fourth-order valence-electron chi connectivity index (χ4n) is 3.43. The van der Waals surface area contributed by atoms with Crippen LogP contribution in [0.3, 0.4) is 0 Å². The summed E-state index contributed by atoms with van der Waals surface area (Å²) in [5.74, 6) is 0.797. The molecule has 148 valence electrons. The minimum atomic E-state index is -0.124. The Balaban J connectivity index is 1.47. The van der Waals surface area contributed by atoms with Crippen LogP contribution in [0, 0.1) is 6.92 Å². The fourth-order valence-corrected chi connectivity index (χ4v) is 3.43. The Labute approximate surface area is 171 Å². The zero-order valence-electron chi connectivity index (χ0n) is 16.9. The summed E-state index contributed by atoms with van der Waals surface area (Å²) in [5.41, 5.74) is 4.22. The number of nitrogens with zero attached hydrogens (tertiary/aromatic N) is 3. The molecule has 2 N–H and O–H groups in total. The zero-order chi connectivity index (χ0) is 20.2. The molecule has 1 amide bonds. The highest BCUT2D eigenvalue weighted by Crippen LogP contribution is 2.22. The van der Waals surface area contributed by atoms with Gasteiger partial charge >= 0.3 is 0 Å². The molecule has 0 atom stereocenters. The van der Waals surface area contributed by atoms with Crippen molar-refractivity contribution in [3.8, 4) is 11.3 Å². The van der Waals surface area contributed by atoms with Crippen LogP contribution in [0.15, 0.2) is 60.7 Å². The molecule has 0 radical (unpaired) electrons. The second-order valence-corrected chi connectivity index (χ2v) is 7.62. The highest BCUT2D eigenvalue weighted by atomic mass is 16.1. The quantitative estimate of drug-likeness (QED) is 0.718. The van der Waals surface area contributed by atoms with Crippen LogP contribution in [0.4, 0.5) is 11.5 Å². The number of hydrogen-bond donors (Lipinski definition) is 2. The first-order valence-electron chi connectivity index (χ1n) is 9.97. The molecule has 3 aromatic rings. The minimum absolute atomic E-state index is 0.124. The first-order chi connectivity index (χ1) is 14.1. The number of quaternary nitrogens is 1. The maximum atomic E-state index is 12.5. The van der Waals surface area contributed by atoms with E-state index in [9.17, 15) is 4.79 Å². The lowest BCUT2D eigenvalue weighted by Crippen LogP contribution is -3.12. The van der Waals surface area contributed by atoms with E-state index < -0.39 is 0 Å². The number of likely N-dealkylation sites (N-methyl/N-ethyl adjacent to an activating group) is 1. The van der Waals surface area contributed by atoms with Crippen LogP contribution in [0.25, 0.3) is 11.3 Å². The van der Waals surface area contributed by atoms with Crippen molar-refractivity contribution >= 4 is 17.4 Å². The van der Waals surface area contributed by atoms with Crippen LogP contribution in [0.5, 0.6) is 0 Å². The Bertz CT molecular complexity index is 977. The summed E-state index contributed by atoms with van der Waals surface area (Å²) >= 11 is 0. The van der Waals surface area contributed by atoms with E-state index in [1.165, 1.54) is 0 Å². The summed E-state index contributed by atoms with van der Waals surface area (Å²) in [7, 11) is 2.22. The van der Waals surface area contributed by atoms with Crippen LogP contribution >= 0.6 is 0 Å². The van der Waals surface area contributed by atoms with Gasteiger partial charge in [-0.15, -0.1) is 10.2 Å². The van der Waals surface area contributed by atoms with Crippen molar-refractivity contribution in [3.63, 3.8) is 0 Å². The van der Waals surface area contributed by atoms with E-state index >= 15 is 0 Å². The van der Waals surface area contributed by atoms with Crippen LogP contribution in [0.2, 0.25) is 0 Å². The maximum absolute atomic E-state index is 12.5. The predicted molar refractivity (Wildman–Crippen MR) is 115 cm³/mol. The number of anilines is 2. The Morgan fingerprint density at radius 3 is 2.45 bits per heavy atom. The molecular formula is C23H26N5O+. The van der Waals surface area contributed by atoms with E-state index in [1.54, 1.807) is 4.90 Å². The van der Waals surface area contributed by atoms with E-state index in [-0.39, 0.29) is 5.91 Å². The third-order valence-electron chi connectivity index (χ3n) is 5.32. The lowest BCUT2D eigenvalue weighted by molar-refractivity contribution is -0.880. The number of piperazine rings is 1. The molecule has 2 heterocycles. The zero-order valence-corrected chi connectivity index (χ0v) is 16.9. The first kappa shape index (κ1) is 19.1. The van der Waals surface area contributed by atoms with Crippen molar-refractivity contribution in [2.45, 2.75) is 6.92 Å². The van der Waals surface area contributed by atoms with Gasteiger partial charge in [-0.1, -0.05) is 29.8 Å². The Hall–Kier alpha value is -3.25. The molecular weight excluding hydrogens is 362 g/mol. The number of nitrogens with one attached hydrogen (secondary N) is 2. The molecule has 1 saturated heterocycles. The Morgan fingerprint density at radius 1 is 1.00 bits per heavy atom. The van der Waals surface area contributed by atoms with E-state index in [2.05, 4.69) is 27.5 Å². The number of carbonyl (C=O) groups excluding carboxylic acids is 1. The van der Waals surface area contributed by atoms with Crippen molar-refractivity contribution < 1.29 is 9.69 Å². The van der Waals surface area contributed by atoms with Crippen LogP contribution in [-0.4, -0.2) is 49.3 Å². The molecule has 1 aromatic heterocycles. The molecule has 29 heavy (non-hydrogen) atoms. The van der Waals surface area contributed by atoms with Gasteiger partial charge in [0.05, 0.1) is 38.9 Å². The van der Waals surface area contributed by atoms with Crippen molar-refractivity contribution in [3.05, 3.63) is 71.8 Å². The van der Waals surface area contributed by atoms with E-state index in [1.807, 2.05) is 67.6 Å². The maximum Gasteiger partial charge on any atom is 0.255 e. The summed E-state index contributed by atoms with van der Waals surface area (Å²) < 4.78 is 0. The topological polar surface area (TPSA) is 62.6 Å². The smallest absolute Gasteiger partial charge is 0.255 e.